The summed E-state index contributed by atoms with van der Waals surface area (Å²) in [5.74, 6) is -1.38. The van der Waals surface area contributed by atoms with Crippen LogP contribution in [-0.4, -0.2) is 40.9 Å². The second-order valence-electron chi connectivity index (χ2n) is 6.18. The third kappa shape index (κ3) is 4.93. The van der Waals surface area contributed by atoms with E-state index in [-0.39, 0.29) is 5.38 Å². The van der Waals surface area contributed by atoms with Crippen molar-refractivity contribution in [3.8, 4) is 0 Å². The number of methoxy groups -OCH3 is 1. The largest absolute Gasteiger partial charge is 0.364 e. The van der Waals surface area contributed by atoms with Gasteiger partial charge in [-0.1, -0.05) is 18.6 Å². The minimum Gasteiger partial charge on any atom is -0.364 e. The van der Waals surface area contributed by atoms with Crippen molar-refractivity contribution < 1.29 is 19.7 Å². The van der Waals surface area contributed by atoms with Crippen molar-refractivity contribution in [1.29, 1.82) is 0 Å². The molecule has 5 heteroatoms. The molecule has 1 saturated carbocycles. The minimum absolute atomic E-state index is 0.178. The summed E-state index contributed by atoms with van der Waals surface area (Å²) in [4.78, 5) is 0. The molecule has 0 amide bonds. The Hall–Kier alpha value is -0.130. The third-order valence-corrected chi connectivity index (χ3v) is 5.09. The summed E-state index contributed by atoms with van der Waals surface area (Å²) < 4.78 is 11.2. The van der Waals surface area contributed by atoms with Crippen LogP contribution in [0, 0.1) is 5.92 Å². The highest BCUT2D eigenvalue weighted by atomic mass is 35.5. The fourth-order valence-corrected chi connectivity index (χ4v) is 3.51. The van der Waals surface area contributed by atoms with Gasteiger partial charge in [-0.05, 0) is 44.4 Å². The van der Waals surface area contributed by atoms with Gasteiger partial charge in [0.1, 0.15) is 6.10 Å². The maximum Gasteiger partial charge on any atom is 0.189 e. The van der Waals surface area contributed by atoms with E-state index in [4.69, 9.17) is 21.1 Å². The molecule has 0 aromatic rings. The van der Waals surface area contributed by atoms with Crippen LogP contribution in [0.25, 0.3) is 0 Å². The lowest BCUT2D eigenvalue weighted by molar-refractivity contribution is -0.291. The SMILES string of the molecule is COC(CCC1C=CCCC1Cl)OC1CCCCC1(O)O. The Morgan fingerprint density at radius 3 is 2.81 bits per heavy atom. The molecule has 2 N–H and O–H groups in total. The molecule has 0 radical (unpaired) electrons. The molecule has 2 aliphatic carbocycles. The van der Waals surface area contributed by atoms with Crippen LogP contribution in [0.3, 0.4) is 0 Å². The van der Waals surface area contributed by atoms with Crippen molar-refractivity contribution in [1.82, 2.24) is 0 Å². The minimum atomic E-state index is -1.73. The van der Waals surface area contributed by atoms with Gasteiger partial charge in [0.2, 0.25) is 0 Å². The molecule has 2 rings (SSSR count). The van der Waals surface area contributed by atoms with Gasteiger partial charge in [0, 0.05) is 18.9 Å². The van der Waals surface area contributed by atoms with Gasteiger partial charge in [0.15, 0.2) is 12.1 Å². The molecule has 0 spiro atoms. The van der Waals surface area contributed by atoms with E-state index in [2.05, 4.69) is 12.2 Å². The van der Waals surface area contributed by atoms with Crippen molar-refractivity contribution in [2.75, 3.05) is 7.11 Å². The molecular formula is C16H27ClO4. The van der Waals surface area contributed by atoms with Gasteiger partial charge in [0.25, 0.3) is 0 Å². The highest BCUT2D eigenvalue weighted by molar-refractivity contribution is 6.21. The maximum absolute atomic E-state index is 9.98. The van der Waals surface area contributed by atoms with Gasteiger partial charge in [-0.3, -0.25) is 0 Å². The predicted octanol–water partition coefficient (Wildman–Crippen LogP) is 2.95. The lowest BCUT2D eigenvalue weighted by Crippen LogP contribution is -2.48. The van der Waals surface area contributed by atoms with Crippen LogP contribution in [0.1, 0.15) is 51.4 Å². The van der Waals surface area contributed by atoms with E-state index < -0.39 is 18.2 Å². The monoisotopic (exact) mass is 318 g/mol. The Morgan fingerprint density at radius 2 is 2.14 bits per heavy atom. The topological polar surface area (TPSA) is 58.9 Å². The first-order valence-corrected chi connectivity index (χ1v) is 8.40. The average molecular weight is 319 g/mol. The Bertz CT molecular complexity index is 345. The number of alkyl halides is 1. The smallest absolute Gasteiger partial charge is 0.189 e. The molecule has 0 aromatic carbocycles. The summed E-state index contributed by atoms with van der Waals surface area (Å²) in [6.45, 7) is 0. The van der Waals surface area contributed by atoms with Gasteiger partial charge in [-0.15, -0.1) is 11.6 Å². The Balaban J connectivity index is 1.82. The molecule has 21 heavy (non-hydrogen) atoms. The zero-order chi connectivity index (χ0) is 15.3. The normalized spacial score (nSPS) is 33.8. The van der Waals surface area contributed by atoms with Crippen LogP contribution in [0.2, 0.25) is 0 Å². The van der Waals surface area contributed by atoms with Gasteiger partial charge < -0.3 is 19.7 Å². The number of hydrogen-bond donors (Lipinski definition) is 2. The molecule has 0 aromatic heterocycles. The summed E-state index contributed by atoms with van der Waals surface area (Å²) in [6.07, 6.45) is 9.85. The lowest BCUT2D eigenvalue weighted by atomic mass is 9.90. The second kappa shape index (κ2) is 7.93. The fraction of sp³-hybridized carbons (Fsp3) is 0.875. The zero-order valence-corrected chi connectivity index (χ0v) is 13.5. The first kappa shape index (κ1) is 17.2. The Morgan fingerprint density at radius 1 is 1.33 bits per heavy atom. The van der Waals surface area contributed by atoms with Crippen LogP contribution in [-0.2, 0) is 9.47 Å². The highest BCUT2D eigenvalue weighted by Gasteiger charge is 2.39. The maximum atomic E-state index is 9.98. The summed E-state index contributed by atoms with van der Waals surface area (Å²) in [7, 11) is 1.60. The Labute approximate surface area is 132 Å². The number of hydrogen-bond acceptors (Lipinski definition) is 4. The molecule has 122 valence electrons. The standard InChI is InChI=1S/C16H27ClO4/c1-20-15(10-9-12-6-2-3-7-13(12)17)21-14-8-4-5-11-16(14,18)19/h2,6,12-15,18-19H,3-5,7-11H2,1H3. The molecule has 4 atom stereocenters. The first-order chi connectivity index (χ1) is 10.0. The molecule has 4 unspecified atom stereocenters. The fourth-order valence-electron chi connectivity index (χ4n) is 3.18. The van der Waals surface area contributed by atoms with E-state index in [0.717, 1.165) is 32.1 Å². The van der Waals surface area contributed by atoms with Gasteiger partial charge in [-0.25, -0.2) is 0 Å². The van der Waals surface area contributed by atoms with Gasteiger partial charge in [-0.2, -0.15) is 0 Å². The average Bonchev–Trinajstić information content (AvgIpc) is 2.46. The molecular weight excluding hydrogens is 292 g/mol. The van der Waals surface area contributed by atoms with E-state index in [1.165, 1.54) is 0 Å². The van der Waals surface area contributed by atoms with Crippen LogP contribution in [0.5, 0.6) is 0 Å². The summed E-state index contributed by atoms with van der Waals surface area (Å²) in [6, 6.07) is 0. The highest BCUT2D eigenvalue weighted by Crippen LogP contribution is 2.32. The zero-order valence-electron chi connectivity index (χ0n) is 12.7. The van der Waals surface area contributed by atoms with Crippen molar-refractivity contribution in [3.63, 3.8) is 0 Å². The molecule has 0 saturated heterocycles. The predicted molar refractivity (Wildman–Crippen MR) is 82.0 cm³/mol. The number of allylic oxidation sites excluding steroid dienone is 2. The van der Waals surface area contributed by atoms with Crippen LogP contribution in [0.15, 0.2) is 12.2 Å². The number of rotatable bonds is 6. The van der Waals surface area contributed by atoms with E-state index >= 15 is 0 Å². The van der Waals surface area contributed by atoms with Crippen molar-refractivity contribution in [2.45, 2.75) is 74.9 Å². The quantitative estimate of drug-likeness (QED) is 0.449. The van der Waals surface area contributed by atoms with E-state index in [1.807, 2.05) is 0 Å². The van der Waals surface area contributed by atoms with Gasteiger partial charge in [0.05, 0.1) is 0 Å². The van der Waals surface area contributed by atoms with Crippen LogP contribution >= 0.6 is 11.6 Å². The summed E-state index contributed by atoms with van der Waals surface area (Å²) in [5, 5.41) is 20.1. The van der Waals surface area contributed by atoms with Crippen molar-refractivity contribution in [2.24, 2.45) is 5.92 Å². The second-order valence-corrected chi connectivity index (χ2v) is 6.74. The molecule has 0 heterocycles. The number of halogens is 1. The third-order valence-electron chi connectivity index (χ3n) is 4.55. The van der Waals surface area contributed by atoms with E-state index in [0.29, 0.717) is 25.2 Å². The Kier molecular flexibility index (Phi) is 6.51. The van der Waals surface area contributed by atoms with Crippen molar-refractivity contribution in [3.05, 3.63) is 12.2 Å². The molecule has 4 nitrogen and oxygen atoms in total. The summed E-state index contributed by atoms with van der Waals surface area (Å²) in [5.41, 5.74) is 0. The number of ether oxygens (including phenoxy) is 2. The molecule has 0 bridgehead atoms. The first-order valence-electron chi connectivity index (χ1n) is 7.96. The van der Waals surface area contributed by atoms with Crippen molar-refractivity contribution >= 4 is 11.6 Å². The van der Waals surface area contributed by atoms with E-state index in [1.54, 1.807) is 7.11 Å². The van der Waals surface area contributed by atoms with Crippen LogP contribution in [0.4, 0.5) is 0 Å². The summed E-state index contributed by atoms with van der Waals surface area (Å²) >= 11 is 6.33. The lowest BCUT2D eigenvalue weighted by Gasteiger charge is -2.37. The number of aliphatic hydroxyl groups is 2. The molecule has 2 aliphatic rings. The molecule has 0 aliphatic heterocycles. The van der Waals surface area contributed by atoms with Crippen LogP contribution < -0.4 is 0 Å². The van der Waals surface area contributed by atoms with E-state index in [9.17, 15) is 10.2 Å². The van der Waals surface area contributed by atoms with Gasteiger partial charge >= 0.3 is 0 Å². The molecule has 1 fully saturated rings.